The van der Waals surface area contributed by atoms with Crippen molar-refractivity contribution in [2.45, 2.75) is 10.9 Å². The summed E-state index contributed by atoms with van der Waals surface area (Å²) in [6.07, 6.45) is 3.50. The number of carboxylic acids is 1. The van der Waals surface area contributed by atoms with E-state index in [0.717, 1.165) is 10.6 Å². The lowest BCUT2D eigenvalue weighted by Gasteiger charge is -2.14. The Morgan fingerprint density at radius 1 is 1.39 bits per heavy atom. The minimum atomic E-state index is -1.17. The summed E-state index contributed by atoms with van der Waals surface area (Å²) in [5, 5.41) is 23.8. The molecule has 0 aliphatic rings. The Kier molecular flexibility index (Phi) is 6.20. The molecule has 0 saturated carbocycles. The number of aliphatic carboxylic acids is 1. The van der Waals surface area contributed by atoms with Crippen molar-refractivity contribution in [1.29, 1.82) is 0 Å². The molecule has 0 amide bonds. The van der Waals surface area contributed by atoms with Gasteiger partial charge in [0, 0.05) is 16.8 Å². The molecule has 1 atom stereocenters. The molecule has 0 aliphatic carbocycles. The average Bonchev–Trinajstić information content (AvgIpc) is 2.55. The van der Waals surface area contributed by atoms with Gasteiger partial charge in [0.25, 0.3) is 0 Å². The summed E-state index contributed by atoms with van der Waals surface area (Å²) in [6, 6.07) is 6.60. The van der Waals surface area contributed by atoms with Crippen LogP contribution in [0, 0.1) is 0 Å². The first-order valence-electron chi connectivity index (χ1n) is 6.57. The molecule has 4 N–H and O–H groups in total. The van der Waals surface area contributed by atoms with Crippen LogP contribution >= 0.6 is 27.7 Å². The third-order valence-corrected chi connectivity index (χ3v) is 4.21. The number of halogens is 1. The van der Waals surface area contributed by atoms with Gasteiger partial charge in [-0.25, -0.2) is 9.78 Å². The van der Waals surface area contributed by atoms with E-state index in [0.29, 0.717) is 10.4 Å². The maximum Gasteiger partial charge on any atom is 0.328 e. The van der Waals surface area contributed by atoms with Crippen LogP contribution in [0.4, 0.5) is 17.5 Å². The molecule has 0 spiro atoms. The number of hydrogen-bond donors (Lipinski definition) is 4. The second-order valence-corrected chi connectivity index (χ2v) is 6.20. The third kappa shape index (κ3) is 4.81. The maximum atomic E-state index is 11.0. The fourth-order valence-corrected chi connectivity index (χ4v) is 2.40. The topological polar surface area (TPSA) is 107 Å². The number of nitrogens with one attached hydrogen (secondary N) is 2. The van der Waals surface area contributed by atoms with Gasteiger partial charge in [-0.1, -0.05) is 0 Å². The summed E-state index contributed by atoms with van der Waals surface area (Å²) in [5.41, 5.74) is 0.813. The van der Waals surface area contributed by atoms with E-state index < -0.39 is 18.6 Å². The fourth-order valence-electron chi connectivity index (χ4n) is 1.68. The summed E-state index contributed by atoms with van der Waals surface area (Å²) in [6.45, 7) is -0.551. The van der Waals surface area contributed by atoms with Crippen LogP contribution in [0.1, 0.15) is 0 Å². The number of benzene rings is 1. The highest BCUT2D eigenvalue weighted by molar-refractivity contribution is 9.10. The van der Waals surface area contributed by atoms with E-state index in [1.54, 1.807) is 11.8 Å². The third-order valence-electron chi connectivity index (χ3n) is 2.88. The molecule has 0 bridgehead atoms. The van der Waals surface area contributed by atoms with Crippen LogP contribution in [0.5, 0.6) is 0 Å². The van der Waals surface area contributed by atoms with Gasteiger partial charge in [0.15, 0.2) is 0 Å². The van der Waals surface area contributed by atoms with Crippen LogP contribution in [-0.2, 0) is 4.79 Å². The largest absolute Gasteiger partial charge is 0.480 e. The van der Waals surface area contributed by atoms with E-state index in [9.17, 15) is 4.79 Å². The summed E-state index contributed by atoms with van der Waals surface area (Å²) in [5.74, 6) is -0.570. The molecule has 0 saturated heterocycles. The van der Waals surface area contributed by atoms with Gasteiger partial charge in [-0.05, 0) is 46.5 Å². The van der Waals surface area contributed by atoms with Gasteiger partial charge in [0.2, 0.25) is 5.95 Å². The van der Waals surface area contributed by atoms with Crippen molar-refractivity contribution in [3.8, 4) is 0 Å². The minimum Gasteiger partial charge on any atom is -0.480 e. The van der Waals surface area contributed by atoms with Gasteiger partial charge >= 0.3 is 5.97 Å². The molecule has 0 radical (unpaired) electrons. The van der Waals surface area contributed by atoms with Crippen molar-refractivity contribution in [1.82, 2.24) is 9.97 Å². The molecule has 1 aromatic heterocycles. The summed E-state index contributed by atoms with van der Waals surface area (Å²) < 4.78 is 0.500. The number of anilines is 3. The highest BCUT2D eigenvalue weighted by atomic mass is 79.9. The van der Waals surface area contributed by atoms with Gasteiger partial charge < -0.3 is 20.8 Å². The molecule has 7 nitrogen and oxygen atoms in total. The average molecular weight is 399 g/mol. The SMILES string of the molecule is CSc1ccc(Nc2ncc(Br)c(NC(CO)C(=O)O)n2)cc1. The normalized spacial score (nSPS) is 11.8. The van der Waals surface area contributed by atoms with E-state index in [4.69, 9.17) is 10.2 Å². The van der Waals surface area contributed by atoms with Crippen LogP contribution in [0.15, 0.2) is 39.8 Å². The highest BCUT2D eigenvalue weighted by Crippen LogP contribution is 2.23. The Morgan fingerprint density at radius 2 is 2.09 bits per heavy atom. The highest BCUT2D eigenvalue weighted by Gasteiger charge is 2.18. The van der Waals surface area contributed by atoms with Crippen LogP contribution < -0.4 is 10.6 Å². The van der Waals surface area contributed by atoms with E-state index >= 15 is 0 Å². The number of aliphatic hydroxyl groups excluding tert-OH is 1. The molecule has 1 aromatic carbocycles. The van der Waals surface area contributed by atoms with Crippen molar-refractivity contribution < 1.29 is 15.0 Å². The Morgan fingerprint density at radius 3 is 2.65 bits per heavy atom. The number of carboxylic acid groups (broad SMARTS) is 1. The smallest absolute Gasteiger partial charge is 0.328 e. The number of rotatable bonds is 7. The van der Waals surface area contributed by atoms with Crippen molar-refractivity contribution >= 4 is 51.1 Å². The van der Waals surface area contributed by atoms with Crippen LogP contribution in [0.3, 0.4) is 0 Å². The van der Waals surface area contributed by atoms with Crippen LogP contribution in [0.25, 0.3) is 0 Å². The van der Waals surface area contributed by atoms with Crippen molar-refractivity contribution in [2.24, 2.45) is 0 Å². The van der Waals surface area contributed by atoms with E-state index in [2.05, 4.69) is 36.5 Å². The van der Waals surface area contributed by atoms with E-state index in [-0.39, 0.29) is 5.82 Å². The van der Waals surface area contributed by atoms with Gasteiger partial charge in [-0.15, -0.1) is 11.8 Å². The quantitative estimate of drug-likeness (QED) is 0.527. The molecule has 9 heteroatoms. The molecule has 2 rings (SSSR count). The maximum absolute atomic E-state index is 11.0. The molecule has 0 aliphatic heterocycles. The monoisotopic (exact) mass is 398 g/mol. The molecule has 122 valence electrons. The van der Waals surface area contributed by atoms with Crippen molar-refractivity contribution in [3.05, 3.63) is 34.9 Å². The van der Waals surface area contributed by atoms with Gasteiger partial charge in [-0.2, -0.15) is 4.98 Å². The zero-order chi connectivity index (χ0) is 16.8. The molecule has 23 heavy (non-hydrogen) atoms. The molecular weight excluding hydrogens is 384 g/mol. The first kappa shape index (κ1) is 17.5. The van der Waals surface area contributed by atoms with Crippen LogP contribution in [0.2, 0.25) is 0 Å². The Bertz CT molecular complexity index is 684. The number of aromatic nitrogens is 2. The number of hydrogen-bond acceptors (Lipinski definition) is 7. The Balaban J connectivity index is 2.16. The predicted octanol–water partition coefficient (Wildman–Crippen LogP) is 2.56. The van der Waals surface area contributed by atoms with E-state index in [1.807, 2.05) is 30.5 Å². The fraction of sp³-hybridized carbons (Fsp3) is 0.214. The van der Waals surface area contributed by atoms with Crippen molar-refractivity contribution in [3.63, 3.8) is 0 Å². The molecule has 2 aromatic rings. The molecule has 0 fully saturated rings. The van der Waals surface area contributed by atoms with Crippen LogP contribution in [-0.4, -0.2) is 45.1 Å². The first-order chi connectivity index (χ1) is 11.0. The van der Waals surface area contributed by atoms with Gasteiger partial charge in [0.1, 0.15) is 11.9 Å². The predicted molar refractivity (Wildman–Crippen MR) is 93.4 cm³/mol. The number of aliphatic hydroxyl groups is 1. The molecule has 1 unspecified atom stereocenters. The standard InChI is InChI=1S/C14H15BrN4O3S/c1-23-9-4-2-8(3-5-9)17-14-16-6-10(15)12(19-14)18-11(7-20)13(21)22/h2-6,11,20H,7H2,1H3,(H,21,22)(H2,16,17,18,19). The Labute approximate surface area is 145 Å². The zero-order valence-electron chi connectivity index (χ0n) is 12.2. The van der Waals surface area contributed by atoms with Gasteiger partial charge in [-0.3, -0.25) is 0 Å². The number of nitrogens with zero attached hydrogens (tertiary/aromatic N) is 2. The molecular formula is C14H15BrN4O3S. The number of thioether (sulfide) groups is 1. The lowest BCUT2D eigenvalue weighted by Crippen LogP contribution is -2.33. The van der Waals surface area contributed by atoms with Crippen molar-refractivity contribution in [2.75, 3.05) is 23.5 Å². The van der Waals surface area contributed by atoms with E-state index in [1.165, 1.54) is 6.20 Å². The lowest BCUT2D eigenvalue weighted by molar-refractivity contribution is -0.138. The first-order valence-corrected chi connectivity index (χ1v) is 8.59. The Hall–Kier alpha value is -1.84. The second-order valence-electron chi connectivity index (χ2n) is 4.46. The minimum absolute atomic E-state index is 0.282. The molecule has 1 heterocycles. The lowest BCUT2D eigenvalue weighted by atomic mass is 10.3. The second kappa shape index (κ2) is 8.14. The van der Waals surface area contributed by atoms with Gasteiger partial charge in [0.05, 0.1) is 11.1 Å². The zero-order valence-corrected chi connectivity index (χ0v) is 14.6. The summed E-state index contributed by atoms with van der Waals surface area (Å²) in [4.78, 5) is 20.5. The summed E-state index contributed by atoms with van der Waals surface area (Å²) >= 11 is 4.89. The number of carbonyl (C=O) groups is 1. The summed E-state index contributed by atoms with van der Waals surface area (Å²) in [7, 11) is 0.